The topological polar surface area (TPSA) is 0 Å². The van der Waals surface area contributed by atoms with Crippen molar-refractivity contribution in [3.63, 3.8) is 0 Å². The second kappa shape index (κ2) is 4.84. The van der Waals surface area contributed by atoms with Gasteiger partial charge in [-0.1, -0.05) is 45.0 Å². The molecule has 0 nitrogen and oxygen atoms in total. The standard InChI is InChI=1S/C13H19Cl/c1-4-11-5-7-12(8-6-11)13(2,3)9-10-14/h5-8H,4,9-10H2,1-3H3. The van der Waals surface area contributed by atoms with E-state index in [4.69, 9.17) is 11.6 Å². The molecule has 0 saturated heterocycles. The van der Waals surface area contributed by atoms with Crippen LogP contribution in [0, 0.1) is 0 Å². The van der Waals surface area contributed by atoms with Crippen LogP contribution in [0.3, 0.4) is 0 Å². The van der Waals surface area contributed by atoms with Gasteiger partial charge in [0.1, 0.15) is 0 Å². The van der Waals surface area contributed by atoms with Crippen LogP contribution in [0.5, 0.6) is 0 Å². The summed E-state index contributed by atoms with van der Waals surface area (Å²) < 4.78 is 0. The molecule has 0 atom stereocenters. The molecule has 0 fully saturated rings. The van der Waals surface area contributed by atoms with Gasteiger partial charge in [-0.05, 0) is 29.4 Å². The van der Waals surface area contributed by atoms with Crippen LogP contribution in [-0.2, 0) is 11.8 Å². The van der Waals surface area contributed by atoms with Crippen LogP contribution in [0.15, 0.2) is 24.3 Å². The SMILES string of the molecule is CCc1ccc(C(C)(C)CCCl)cc1. The zero-order valence-corrected chi connectivity index (χ0v) is 10.1. The Morgan fingerprint density at radius 1 is 1.14 bits per heavy atom. The zero-order chi connectivity index (χ0) is 10.6. The fourth-order valence-electron chi connectivity index (χ4n) is 1.57. The first-order valence-corrected chi connectivity index (χ1v) is 5.79. The molecule has 1 rings (SSSR count). The lowest BCUT2D eigenvalue weighted by Crippen LogP contribution is -2.17. The molecule has 0 aliphatic carbocycles. The molecule has 0 spiro atoms. The molecule has 78 valence electrons. The predicted octanol–water partition coefficient (Wildman–Crippen LogP) is 4.16. The lowest BCUT2D eigenvalue weighted by molar-refractivity contribution is 0.509. The van der Waals surface area contributed by atoms with E-state index in [1.54, 1.807) is 0 Å². The largest absolute Gasteiger partial charge is 0.127 e. The first kappa shape index (κ1) is 11.6. The van der Waals surface area contributed by atoms with Crippen molar-refractivity contribution in [2.75, 3.05) is 5.88 Å². The number of hydrogen-bond acceptors (Lipinski definition) is 0. The van der Waals surface area contributed by atoms with Crippen LogP contribution in [0.1, 0.15) is 38.3 Å². The van der Waals surface area contributed by atoms with Crippen molar-refractivity contribution in [3.8, 4) is 0 Å². The van der Waals surface area contributed by atoms with E-state index < -0.39 is 0 Å². The van der Waals surface area contributed by atoms with Crippen molar-refractivity contribution in [3.05, 3.63) is 35.4 Å². The van der Waals surface area contributed by atoms with E-state index in [1.165, 1.54) is 11.1 Å². The fraction of sp³-hybridized carbons (Fsp3) is 0.538. The highest BCUT2D eigenvalue weighted by molar-refractivity contribution is 6.17. The molecule has 0 aromatic heterocycles. The number of alkyl halides is 1. The van der Waals surface area contributed by atoms with Gasteiger partial charge in [-0.25, -0.2) is 0 Å². The van der Waals surface area contributed by atoms with Crippen LogP contribution in [0.2, 0.25) is 0 Å². The molecule has 0 radical (unpaired) electrons. The molecular formula is C13H19Cl. The van der Waals surface area contributed by atoms with Crippen molar-refractivity contribution in [2.45, 2.75) is 39.0 Å². The maximum atomic E-state index is 5.79. The van der Waals surface area contributed by atoms with Gasteiger partial charge in [-0.15, -0.1) is 11.6 Å². The van der Waals surface area contributed by atoms with Crippen molar-refractivity contribution >= 4 is 11.6 Å². The summed E-state index contributed by atoms with van der Waals surface area (Å²) in [5.74, 6) is 0.725. The van der Waals surface area contributed by atoms with E-state index in [-0.39, 0.29) is 5.41 Å². The zero-order valence-electron chi connectivity index (χ0n) is 9.31. The van der Waals surface area contributed by atoms with Crippen LogP contribution < -0.4 is 0 Å². The third-order valence-electron chi connectivity index (χ3n) is 2.86. The van der Waals surface area contributed by atoms with Gasteiger partial charge in [-0.2, -0.15) is 0 Å². The number of aryl methyl sites for hydroxylation is 1. The Bertz CT molecular complexity index is 272. The first-order chi connectivity index (χ1) is 6.60. The molecule has 0 N–H and O–H groups in total. The number of hydrogen-bond donors (Lipinski definition) is 0. The summed E-state index contributed by atoms with van der Waals surface area (Å²) in [7, 11) is 0. The summed E-state index contributed by atoms with van der Waals surface area (Å²) in [5, 5.41) is 0. The minimum Gasteiger partial charge on any atom is -0.127 e. The van der Waals surface area contributed by atoms with Gasteiger partial charge in [0, 0.05) is 5.88 Å². The molecule has 14 heavy (non-hydrogen) atoms. The number of rotatable bonds is 4. The molecule has 0 saturated carbocycles. The predicted molar refractivity (Wildman–Crippen MR) is 64.2 cm³/mol. The summed E-state index contributed by atoms with van der Waals surface area (Å²) in [6.07, 6.45) is 2.14. The highest BCUT2D eigenvalue weighted by atomic mass is 35.5. The molecule has 0 unspecified atom stereocenters. The van der Waals surface area contributed by atoms with Gasteiger partial charge in [0.05, 0.1) is 0 Å². The van der Waals surface area contributed by atoms with Gasteiger partial charge in [-0.3, -0.25) is 0 Å². The first-order valence-electron chi connectivity index (χ1n) is 5.25. The van der Waals surface area contributed by atoms with E-state index in [2.05, 4.69) is 45.0 Å². The molecule has 0 amide bonds. The van der Waals surface area contributed by atoms with Crippen molar-refractivity contribution in [2.24, 2.45) is 0 Å². The maximum absolute atomic E-state index is 5.79. The molecule has 1 heteroatoms. The number of benzene rings is 1. The van der Waals surface area contributed by atoms with Crippen molar-refractivity contribution in [1.29, 1.82) is 0 Å². The molecular weight excluding hydrogens is 192 g/mol. The molecule has 0 aliphatic rings. The second-order valence-corrected chi connectivity index (χ2v) is 4.75. The summed E-state index contributed by atoms with van der Waals surface area (Å²) in [6, 6.07) is 8.88. The molecule has 1 aromatic carbocycles. The third kappa shape index (κ3) is 2.75. The van der Waals surface area contributed by atoms with E-state index in [0.29, 0.717) is 0 Å². The molecule has 0 aliphatic heterocycles. The van der Waals surface area contributed by atoms with E-state index in [9.17, 15) is 0 Å². The Labute approximate surface area is 92.3 Å². The minimum atomic E-state index is 0.202. The Balaban J connectivity index is 2.85. The average molecular weight is 211 g/mol. The highest BCUT2D eigenvalue weighted by Gasteiger charge is 2.19. The van der Waals surface area contributed by atoms with Gasteiger partial charge in [0.25, 0.3) is 0 Å². The van der Waals surface area contributed by atoms with Crippen LogP contribution in [0.25, 0.3) is 0 Å². The molecule has 0 heterocycles. The smallest absolute Gasteiger partial charge is 0.0231 e. The molecule has 1 aromatic rings. The highest BCUT2D eigenvalue weighted by Crippen LogP contribution is 2.27. The summed E-state index contributed by atoms with van der Waals surface area (Å²) in [6.45, 7) is 6.67. The van der Waals surface area contributed by atoms with Gasteiger partial charge in [0.15, 0.2) is 0 Å². The van der Waals surface area contributed by atoms with Crippen molar-refractivity contribution in [1.82, 2.24) is 0 Å². The lowest BCUT2D eigenvalue weighted by atomic mass is 9.82. The van der Waals surface area contributed by atoms with E-state index in [0.717, 1.165) is 18.7 Å². The Kier molecular flexibility index (Phi) is 4.00. The van der Waals surface area contributed by atoms with Gasteiger partial charge < -0.3 is 0 Å². The lowest BCUT2D eigenvalue weighted by Gasteiger charge is -2.24. The molecule has 0 bridgehead atoms. The van der Waals surface area contributed by atoms with E-state index in [1.807, 2.05) is 0 Å². The fourth-order valence-corrected chi connectivity index (χ4v) is 2.04. The van der Waals surface area contributed by atoms with E-state index >= 15 is 0 Å². The summed E-state index contributed by atoms with van der Waals surface area (Å²) >= 11 is 5.79. The maximum Gasteiger partial charge on any atom is 0.0231 e. The van der Waals surface area contributed by atoms with Gasteiger partial charge in [0.2, 0.25) is 0 Å². The van der Waals surface area contributed by atoms with Crippen molar-refractivity contribution < 1.29 is 0 Å². The summed E-state index contributed by atoms with van der Waals surface area (Å²) in [4.78, 5) is 0. The summed E-state index contributed by atoms with van der Waals surface area (Å²) in [5.41, 5.74) is 2.99. The normalized spacial score (nSPS) is 11.7. The Morgan fingerprint density at radius 3 is 2.14 bits per heavy atom. The number of halogens is 1. The van der Waals surface area contributed by atoms with Crippen LogP contribution in [0.4, 0.5) is 0 Å². The third-order valence-corrected chi connectivity index (χ3v) is 3.05. The second-order valence-electron chi connectivity index (χ2n) is 4.37. The van der Waals surface area contributed by atoms with Crippen LogP contribution in [-0.4, -0.2) is 5.88 Å². The Morgan fingerprint density at radius 2 is 1.71 bits per heavy atom. The monoisotopic (exact) mass is 210 g/mol. The average Bonchev–Trinajstić information content (AvgIpc) is 2.18. The van der Waals surface area contributed by atoms with Gasteiger partial charge >= 0.3 is 0 Å². The minimum absolute atomic E-state index is 0.202. The Hall–Kier alpha value is -0.490. The van der Waals surface area contributed by atoms with Crippen LogP contribution >= 0.6 is 11.6 Å². The quantitative estimate of drug-likeness (QED) is 0.655.